The van der Waals surface area contributed by atoms with E-state index in [0.717, 1.165) is 36.2 Å². The second-order valence-corrected chi connectivity index (χ2v) is 9.32. The van der Waals surface area contributed by atoms with Crippen LogP contribution in [0.1, 0.15) is 60.2 Å². The van der Waals surface area contributed by atoms with Crippen LogP contribution in [-0.4, -0.2) is 21.4 Å². The zero-order valence-electron chi connectivity index (χ0n) is 18.5. The van der Waals surface area contributed by atoms with Gasteiger partial charge >= 0.3 is 0 Å². The number of aromatic amines is 1. The van der Waals surface area contributed by atoms with Crippen LogP contribution < -0.4 is 0 Å². The molecule has 3 aromatic rings. The molecule has 1 aliphatic carbocycles. The molecule has 1 N–H and O–H groups in total. The van der Waals surface area contributed by atoms with Gasteiger partial charge in [-0.3, -0.25) is 0 Å². The fourth-order valence-electron chi connectivity index (χ4n) is 5.13. The predicted molar refractivity (Wildman–Crippen MR) is 125 cm³/mol. The monoisotopic (exact) mass is 397 g/mol. The molecule has 0 radical (unpaired) electrons. The van der Waals surface area contributed by atoms with Gasteiger partial charge in [0.15, 0.2) is 0 Å². The Labute approximate surface area is 179 Å². The Kier molecular flexibility index (Phi) is 4.57. The van der Waals surface area contributed by atoms with E-state index in [2.05, 4.69) is 92.2 Å². The van der Waals surface area contributed by atoms with Gasteiger partial charge < -0.3 is 9.88 Å². The maximum Gasteiger partial charge on any atom is 0.132 e. The Morgan fingerprint density at radius 3 is 2.77 bits per heavy atom. The second-order valence-electron chi connectivity index (χ2n) is 9.32. The van der Waals surface area contributed by atoms with Crippen molar-refractivity contribution >= 4 is 11.0 Å². The molecule has 3 nitrogen and oxygen atoms in total. The first-order chi connectivity index (χ1) is 14.4. The van der Waals surface area contributed by atoms with Gasteiger partial charge in [-0.1, -0.05) is 42.0 Å². The summed E-state index contributed by atoms with van der Waals surface area (Å²) >= 11 is 0. The first-order valence-electron chi connectivity index (χ1n) is 11.1. The van der Waals surface area contributed by atoms with Crippen molar-refractivity contribution in [3.8, 4) is 0 Å². The molecule has 0 spiro atoms. The maximum atomic E-state index is 5.05. The molecule has 2 heterocycles. The summed E-state index contributed by atoms with van der Waals surface area (Å²) < 4.78 is 0. The van der Waals surface area contributed by atoms with Crippen LogP contribution >= 0.6 is 0 Å². The third kappa shape index (κ3) is 3.17. The zero-order chi connectivity index (χ0) is 20.9. The Hall–Kier alpha value is -2.81. The largest absolute Gasteiger partial charge is 0.359 e. The number of benzene rings is 2. The maximum absolute atomic E-state index is 5.05. The number of rotatable bonds is 3. The lowest BCUT2D eigenvalue weighted by molar-refractivity contribution is 0.200. The third-order valence-corrected chi connectivity index (χ3v) is 7.08. The van der Waals surface area contributed by atoms with Gasteiger partial charge in [0, 0.05) is 18.2 Å². The van der Waals surface area contributed by atoms with Gasteiger partial charge in [-0.25, -0.2) is 4.98 Å². The SMILES string of the molecule is Cc1cccc(C2C=C(N3CCC[C@@]3(C)c3nc4cc(C)c(C)cc4[nH]3)C=CC2)c1. The average Bonchev–Trinajstić information content (AvgIpc) is 3.33. The molecule has 2 atom stereocenters. The summed E-state index contributed by atoms with van der Waals surface area (Å²) in [5.41, 5.74) is 8.80. The van der Waals surface area contributed by atoms with Crippen molar-refractivity contribution in [3.05, 3.63) is 88.4 Å². The second kappa shape index (κ2) is 7.16. The molecule has 2 aromatic carbocycles. The van der Waals surface area contributed by atoms with E-state index >= 15 is 0 Å². The molecule has 0 amide bonds. The Morgan fingerprint density at radius 1 is 1.10 bits per heavy atom. The number of imidazole rings is 1. The predicted octanol–water partition coefficient (Wildman–Crippen LogP) is 6.43. The topological polar surface area (TPSA) is 31.9 Å². The van der Waals surface area contributed by atoms with E-state index in [0.29, 0.717) is 5.92 Å². The van der Waals surface area contributed by atoms with E-state index in [9.17, 15) is 0 Å². The first kappa shape index (κ1) is 19.2. The van der Waals surface area contributed by atoms with Crippen molar-refractivity contribution in [2.24, 2.45) is 0 Å². The lowest BCUT2D eigenvalue weighted by atomic mass is 9.89. The van der Waals surface area contributed by atoms with Crippen molar-refractivity contribution in [1.29, 1.82) is 0 Å². The fourth-order valence-corrected chi connectivity index (χ4v) is 5.13. The number of nitrogens with one attached hydrogen (secondary N) is 1. The van der Waals surface area contributed by atoms with Gasteiger partial charge in [-0.2, -0.15) is 0 Å². The van der Waals surface area contributed by atoms with Crippen LogP contribution in [0.25, 0.3) is 11.0 Å². The summed E-state index contributed by atoms with van der Waals surface area (Å²) in [5, 5.41) is 0. The highest BCUT2D eigenvalue weighted by Crippen LogP contribution is 2.42. The Morgan fingerprint density at radius 2 is 1.93 bits per heavy atom. The first-order valence-corrected chi connectivity index (χ1v) is 11.1. The molecule has 3 heteroatoms. The average molecular weight is 398 g/mol. The molecule has 1 aromatic heterocycles. The summed E-state index contributed by atoms with van der Waals surface area (Å²) in [6.45, 7) is 9.93. The minimum absolute atomic E-state index is 0.106. The van der Waals surface area contributed by atoms with Crippen LogP contribution in [0.2, 0.25) is 0 Å². The van der Waals surface area contributed by atoms with Crippen molar-refractivity contribution < 1.29 is 0 Å². The summed E-state index contributed by atoms with van der Waals surface area (Å²) in [5.74, 6) is 1.53. The highest BCUT2D eigenvalue weighted by Gasteiger charge is 2.41. The number of H-pyrrole nitrogens is 1. The molecular formula is C27H31N3. The van der Waals surface area contributed by atoms with E-state index in [-0.39, 0.29) is 5.54 Å². The molecule has 30 heavy (non-hydrogen) atoms. The van der Waals surface area contributed by atoms with Gasteiger partial charge in [-0.15, -0.1) is 0 Å². The molecule has 5 rings (SSSR count). The summed E-state index contributed by atoms with van der Waals surface area (Å²) in [7, 11) is 0. The van der Waals surface area contributed by atoms with Crippen molar-refractivity contribution in [2.75, 3.05) is 6.54 Å². The minimum atomic E-state index is -0.106. The van der Waals surface area contributed by atoms with E-state index in [1.54, 1.807) is 0 Å². The molecule has 1 aliphatic heterocycles. The normalized spacial score (nSPS) is 23.9. The van der Waals surface area contributed by atoms with Crippen molar-refractivity contribution in [2.45, 2.75) is 58.4 Å². The molecule has 1 unspecified atom stereocenters. The number of aryl methyl sites for hydroxylation is 3. The lowest BCUT2D eigenvalue weighted by Crippen LogP contribution is -2.39. The van der Waals surface area contributed by atoms with Crippen LogP contribution in [0.3, 0.4) is 0 Å². The van der Waals surface area contributed by atoms with Crippen molar-refractivity contribution in [3.63, 3.8) is 0 Å². The number of fused-ring (bicyclic) bond motifs is 1. The van der Waals surface area contributed by atoms with Gasteiger partial charge in [0.1, 0.15) is 5.82 Å². The van der Waals surface area contributed by atoms with Gasteiger partial charge in [0.25, 0.3) is 0 Å². The van der Waals surface area contributed by atoms with Gasteiger partial charge in [-0.05, 0) is 81.9 Å². The van der Waals surface area contributed by atoms with Gasteiger partial charge in [0.05, 0.1) is 16.6 Å². The molecule has 0 saturated carbocycles. The number of nitrogens with zero attached hydrogens (tertiary/aromatic N) is 2. The standard InChI is InChI=1S/C27H31N3/c1-18-8-5-9-21(14-18)22-10-6-11-23(17-22)30-13-7-12-27(30,4)26-28-24-15-19(2)20(3)16-25(24)29-26/h5-6,8-9,11,14-17,22H,7,10,12-13H2,1-4H3,(H,28,29)/t22?,27-/m0/s1. The molecule has 0 bridgehead atoms. The van der Waals surface area contributed by atoms with Crippen molar-refractivity contribution in [1.82, 2.24) is 14.9 Å². The Bertz CT molecular complexity index is 1130. The quantitative estimate of drug-likeness (QED) is 0.552. The number of aromatic nitrogens is 2. The third-order valence-electron chi connectivity index (χ3n) is 7.08. The lowest BCUT2D eigenvalue weighted by Gasteiger charge is -2.37. The van der Waals surface area contributed by atoms with E-state index in [1.807, 2.05) is 0 Å². The number of hydrogen-bond donors (Lipinski definition) is 1. The van der Waals surface area contributed by atoms with E-state index < -0.39 is 0 Å². The van der Waals surface area contributed by atoms with Crippen LogP contribution in [0.4, 0.5) is 0 Å². The van der Waals surface area contributed by atoms with Gasteiger partial charge in [0.2, 0.25) is 0 Å². The summed E-state index contributed by atoms with van der Waals surface area (Å²) in [6, 6.07) is 13.4. The van der Waals surface area contributed by atoms with Crippen LogP contribution in [0.15, 0.2) is 60.3 Å². The number of hydrogen-bond acceptors (Lipinski definition) is 2. The minimum Gasteiger partial charge on any atom is -0.359 e. The fraction of sp³-hybridized carbons (Fsp3) is 0.370. The molecule has 154 valence electrons. The van der Waals surface area contributed by atoms with Crippen LogP contribution in [0, 0.1) is 20.8 Å². The highest BCUT2D eigenvalue weighted by atomic mass is 15.3. The zero-order valence-corrected chi connectivity index (χ0v) is 18.5. The molecule has 1 fully saturated rings. The molecule has 1 saturated heterocycles. The summed E-state index contributed by atoms with van der Waals surface area (Å²) in [4.78, 5) is 11.3. The Balaban J connectivity index is 1.51. The number of likely N-dealkylation sites (tertiary alicyclic amines) is 1. The van der Waals surface area contributed by atoms with E-state index in [1.165, 1.54) is 34.4 Å². The highest BCUT2D eigenvalue weighted by molar-refractivity contribution is 5.77. The van der Waals surface area contributed by atoms with Crippen LogP contribution in [-0.2, 0) is 5.54 Å². The molecular weight excluding hydrogens is 366 g/mol. The summed E-state index contributed by atoms with van der Waals surface area (Å²) in [6.07, 6.45) is 10.5. The van der Waals surface area contributed by atoms with Crippen LogP contribution in [0.5, 0.6) is 0 Å². The van der Waals surface area contributed by atoms with E-state index in [4.69, 9.17) is 4.98 Å². The smallest absolute Gasteiger partial charge is 0.132 e. The molecule has 2 aliphatic rings. The number of allylic oxidation sites excluding steroid dienone is 3.